The number of thiol groups is 1. The van der Waals surface area contributed by atoms with Gasteiger partial charge in [0.05, 0.1) is 24.8 Å². The summed E-state index contributed by atoms with van der Waals surface area (Å²) in [6.07, 6.45) is 1.31. The van der Waals surface area contributed by atoms with E-state index in [2.05, 4.69) is 28.6 Å². The minimum Gasteiger partial charge on any atom is -0.480 e. The van der Waals surface area contributed by atoms with Gasteiger partial charge < -0.3 is 32.5 Å². The fourth-order valence-corrected chi connectivity index (χ4v) is 2.35. The van der Waals surface area contributed by atoms with E-state index < -0.39 is 48.0 Å². The number of hydrogen-bond donors (Lipinski definition) is 7. The highest BCUT2D eigenvalue weighted by Crippen LogP contribution is 2.07. The molecular weight excluding hydrogens is 390 g/mol. The van der Waals surface area contributed by atoms with E-state index in [1.165, 1.54) is 0 Å². The lowest BCUT2D eigenvalue weighted by Gasteiger charge is -2.19. The molecule has 2 atom stereocenters. The lowest BCUT2D eigenvalue weighted by atomic mass is 9.97. The third kappa shape index (κ3) is 10.8. The van der Waals surface area contributed by atoms with Crippen LogP contribution >= 0.6 is 12.6 Å². The number of nitrogens with one attached hydrogen (secondary N) is 3. The van der Waals surface area contributed by atoms with E-state index >= 15 is 0 Å². The summed E-state index contributed by atoms with van der Waals surface area (Å²) in [5.41, 5.74) is 10.8. The summed E-state index contributed by atoms with van der Waals surface area (Å²) in [4.78, 5) is 58.6. The van der Waals surface area contributed by atoms with E-state index in [4.69, 9.17) is 11.5 Å². The summed E-state index contributed by atoms with van der Waals surface area (Å²) in [6, 6.07) is -1.14. The molecule has 0 aromatic carbocycles. The smallest absolute Gasteiger partial charge is 0.326 e. The van der Waals surface area contributed by atoms with Crippen LogP contribution in [0.5, 0.6) is 0 Å². The number of nitrogens with two attached hydrogens (primary N) is 2. The molecule has 0 fully saturated rings. The van der Waals surface area contributed by atoms with Gasteiger partial charge in [0.15, 0.2) is 5.78 Å². The van der Waals surface area contributed by atoms with Crippen LogP contribution in [0.15, 0.2) is 0 Å². The first-order valence-corrected chi connectivity index (χ1v) is 9.50. The van der Waals surface area contributed by atoms with E-state index in [0.717, 1.165) is 0 Å². The van der Waals surface area contributed by atoms with Gasteiger partial charge in [0.25, 0.3) is 0 Å². The number of hydrogen-bond acceptors (Lipinski definition) is 8. The Kier molecular flexibility index (Phi) is 13.7. The van der Waals surface area contributed by atoms with Gasteiger partial charge in [-0.25, -0.2) is 4.79 Å². The molecule has 0 heterocycles. The second-order valence-corrected chi connectivity index (χ2v) is 6.31. The number of rotatable bonds is 15. The number of unbranched alkanes of at least 4 members (excludes halogenated alkanes) is 1. The van der Waals surface area contributed by atoms with Crippen LogP contribution in [-0.2, 0) is 24.0 Å². The van der Waals surface area contributed by atoms with E-state index in [9.17, 15) is 29.1 Å². The highest BCUT2D eigenvalue weighted by molar-refractivity contribution is 7.81. The van der Waals surface area contributed by atoms with Crippen molar-refractivity contribution < 1.29 is 29.1 Å². The maximum atomic E-state index is 12.4. The van der Waals surface area contributed by atoms with E-state index in [0.29, 0.717) is 19.4 Å². The van der Waals surface area contributed by atoms with Gasteiger partial charge in [0.1, 0.15) is 6.04 Å². The molecule has 160 valence electrons. The number of amides is 3. The number of carboxylic acids is 1. The summed E-state index contributed by atoms with van der Waals surface area (Å²) in [5.74, 6) is -4.90. The number of carbonyl (C=O) groups excluding carboxylic acids is 4. The molecular formula is C16H29N5O6S. The molecule has 0 saturated carbocycles. The van der Waals surface area contributed by atoms with Crippen molar-refractivity contribution in [3.63, 3.8) is 0 Å². The Labute approximate surface area is 168 Å². The summed E-state index contributed by atoms with van der Waals surface area (Å²) in [6.45, 7) is -0.343. The van der Waals surface area contributed by atoms with Gasteiger partial charge in [0.2, 0.25) is 17.7 Å². The number of carbonyl (C=O) groups is 5. The highest BCUT2D eigenvalue weighted by atomic mass is 32.1. The van der Waals surface area contributed by atoms with Crippen LogP contribution in [-0.4, -0.2) is 72.6 Å². The van der Waals surface area contributed by atoms with Crippen LogP contribution in [0, 0.1) is 5.92 Å². The quantitative estimate of drug-likeness (QED) is 0.0851. The molecule has 0 aliphatic rings. The summed E-state index contributed by atoms with van der Waals surface area (Å²) < 4.78 is 0. The van der Waals surface area contributed by atoms with Crippen molar-refractivity contribution in [3.8, 4) is 0 Å². The van der Waals surface area contributed by atoms with Crippen molar-refractivity contribution in [3.05, 3.63) is 0 Å². The first-order chi connectivity index (χ1) is 13.3. The number of ketones is 1. The molecule has 2 unspecified atom stereocenters. The van der Waals surface area contributed by atoms with Crippen LogP contribution in [0.3, 0.4) is 0 Å². The molecule has 28 heavy (non-hydrogen) atoms. The van der Waals surface area contributed by atoms with Gasteiger partial charge in [-0.15, -0.1) is 0 Å². The Hall–Kier alpha value is -2.18. The van der Waals surface area contributed by atoms with Gasteiger partial charge >= 0.3 is 5.97 Å². The van der Waals surface area contributed by atoms with Crippen LogP contribution in [0.25, 0.3) is 0 Å². The van der Waals surface area contributed by atoms with Crippen molar-refractivity contribution in [2.24, 2.45) is 17.4 Å². The van der Waals surface area contributed by atoms with Crippen molar-refractivity contribution in [1.82, 2.24) is 16.0 Å². The average molecular weight is 420 g/mol. The lowest BCUT2D eigenvalue weighted by Crippen LogP contribution is -2.48. The predicted molar refractivity (Wildman–Crippen MR) is 105 cm³/mol. The zero-order valence-electron chi connectivity index (χ0n) is 15.6. The van der Waals surface area contributed by atoms with Gasteiger partial charge in [0, 0.05) is 0 Å². The zero-order valence-corrected chi connectivity index (χ0v) is 16.5. The Morgan fingerprint density at radius 3 is 2.07 bits per heavy atom. The summed E-state index contributed by atoms with van der Waals surface area (Å²) in [7, 11) is 0. The third-order valence-electron chi connectivity index (χ3n) is 3.77. The average Bonchev–Trinajstić information content (AvgIpc) is 2.67. The van der Waals surface area contributed by atoms with E-state index in [-0.39, 0.29) is 31.7 Å². The van der Waals surface area contributed by atoms with E-state index in [1.54, 1.807) is 0 Å². The molecule has 3 amide bonds. The zero-order chi connectivity index (χ0) is 21.5. The topological polar surface area (TPSA) is 194 Å². The predicted octanol–water partition coefficient (Wildman–Crippen LogP) is -2.62. The molecule has 0 aliphatic carbocycles. The van der Waals surface area contributed by atoms with Crippen molar-refractivity contribution in [2.75, 3.05) is 31.9 Å². The summed E-state index contributed by atoms with van der Waals surface area (Å²) in [5, 5.41) is 16.1. The van der Waals surface area contributed by atoms with Crippen LogP contribution < -0.4 is 27.4 Å². The Balaban J connectivity index is 4.72. The maximum absolute atomic E-state index is 12.4. The number of aliphatic carboxylic acids is 1. The maximum Gasteiger partial charge on any atom is 0.326 e. The highest BCUT2D eigenvalue weighted by Gasteiger charge is 2.29. The Morgan fingerprint density at radius 1 is 0.893 bits per heavy atom. The minimum atomic E-state index is -1.21. The van der Waals surface area contributed by atoms with Crippen molar-refractivity contribution in [2.45, 2.75) is 31.7 Å². The Bertz CT molecular complexity index is 560. The molecule has 0 saturated heterocycles. The van der Waals surface area contributed by atoms with Gasteiger partial charge in [-0.05, 0) is 38.8 Å². The standard InChI is InChI=1S/C16H29N5O6S/c17-5-2-1-3-11(16(26)27)21-15(25)10(4-6-18)12(22)7-19-13(23)8-20-14(24)9-28/h10-11,28H,1-9,17-18H2,(H,19,23)(H,20,24)(H,21,25)(H,26,27). The fraction of sp³-hybridized carbons (Fsp3) is 0.688. The van der Waals surface area contributed by atoms with Crippen molar-refractivity contribution in [1.29, 1.82) is 0 Å². The molecule has 0 radical (unpaired) electrons. The fourth-order valence-electron chi connectivity index (χ4n) is 2.23. The van der Waals surface area contributed by atoms with Gasteiger partial charge in [-0.2, -0.15) is 12.6 Å². The minimum absolute atomic E-state index is 0.00602. The second kappa shape index (κ2) is 14.8. The number of carboxylic acid groups (broad SMARTS) is 1. The first kappa shape index (κ1) is 25.8. The van der Waals surface area contributed by atoms with Crippen LogP contribution in [0.4, 0.5) is 0 Å². The molecule has 0 spiro atoms. The molecule has 0 aromatic heterocycles. The molecule has 12 heteroatoms. The SMILES string of the molecule is NCCCCC(NC(=O)C(CCN)C(=O)CNC(=O)CNC(=O)CS)C(=O)O. The largest absolute Gasteiger partial charge is 0.480 e. The monoisotopic (exact) mass is 419 g/mol. The van der Waals surface area contributed by atoms with Gasteiger partial charge in [-0.3, -0.25) is 19.2 Å². The molecule has 0 bridgehead atoms. The normalized spacial score (nSPS) is 12.5. The van der Waals surface area contributed by atoms with Crippen LogP contribution in [0.2, 0.25) is 0 Å². The van der Waals surface area contributed by atoms with Crippen LogP contribution in [0.1, 0.15) is 25.7 Å². The molecule has 0 rings (SSSR count). The Morgan fingerprint density at radius 2 is 1.54 bits per heavy atom. The third-order valence-corrected chi connectivity index (χ3v) is 4.06. The molecule has 0 aliphatic heterocycles. The summed E-state index contributed by atoms with van der Waals surface area (Å²) >= 11 is 3.74. The van der Waals surface area contributed by atoms with E-state index in [1.807, 2.05) is 0 Å². The van der Waals surface area contributed by atoms with Crippen molar-refractivity contribution >= 4 is 42.1 Å². The molecule has 11 nitrogen and oxygen atoms in total. The molecule has 0 aromatic rings. The second-order valence-electron chi connectivity index (χ2n) is 5.99. The molecule has 8 N–H and O–H groups in total. The van der Waals surface area contributed by atoms with Gasteiger partial charge in [-0.1, -0.05) is 0 Å². The lowest BCUT2D eigenvalue weighted by molar-refractivity contribution is -0.144. The number of Topliss-reactive ketones (excluding diaryl/α,β-unsaturated/α-hetero) is 1. The first-order valence-electron chi connectivity index (χ1n) is 8.87.